The fourth-order valence-corrected chi connectivity index (χ4v) is 7.18. The molecule has 242 valence electrons. The molecule has 2 fully saturated rings. The summed E-state index contributed by atoms with van der Waals surface area (Å²) >= 11 is 1.30. The Hall–Kier alpha value is -3.81. The van der Waals surface area contributed by atoms with Crippen LogP contribution >= 0.6 is 11.3 Å². The number of ether oxygens (including phenoxy) is 2. The first-order valence-corrected chi connectivity index (χ1v) is 16.3. The number of likely N-dealkylation sites (tertiary alicyclic amines) is 1. The third-order valence-electron chi connectivity index (χ3n) is 8.50. The molecule has 0 bridgehead atoms. The van der Waals surface area contributed by atoms with Gasteiger partial charge in [0.05, 0.1) is 31.0 Å². The van der Waals surface area contributed by atoms with Crippen molar-refractivity contribution in [3.8, 4) is 10.8 Å². The van der Waals surface area contributed by atoms with Crippen LogP contribution in [-0.4, -0.2) is 79.6 Å². The molecular formula is C32H42N6O6S. The van der Waals surface area contributed by atoms with Crippen molar-refractivity contribution in [1.82, 2.24) is 29.0 Å². The van der Waals surface area contributed by atoms with E-state index in [0.717, 1.165) is 61.2 Å². The van der Waals surface area contributed by atoms with Crippen molar-refractivity contribution in [3.05, 3.63) is 68.6 Å². The number of aromatic nitrogens is 5. The van der Waals surface area contributed by atoms with E-state index >= 15 is 0 Å². The van der Waals surface area contributed by atoms with E-state index in [1.54, 1.807) is 42.8 Å². The highest BCUT2D eigenvalue weighted by Crippen LogP contribution is 2.31. The first-order valence-electron chi connectivity index (χ1n) is 15.5. The first-order chi connectivity index (χ1) is 21.6. The monoisotopic (exact) mass is 638 g/mol. The number of aliphatic hydroxyl groups is 1. The van der Waals surface area contributed by atoms with Crippen LogP contribution in [0.5, 0.6) is 5.75 Å². The molecule has 0 aliphatic carbocycles. The fraction of sp³-hybridized carbons (Fsp3) is 0.531. The van der Waals surface area contributed by atoms with Gasteiger partial charge in [-0.05, 0) is 70.9 Å². The van der Waals surface area contributed by atoms with Crippen LogP contribution in [0.25, 0.3) is 15.2 Å². The van der Waals surface area contributed by atoms with E-state index in [0.29, 0.717) is 46.8 Å². The van der Waals surface area contributed by atoms with Crippen LogP contribution < -0.4 is 16.0 Å². The van der Waals surface area contributed by atoms with Crippen molar-refractivity contribution < 1.29 is 19.4 Å². The molecule has 4 aromatic rings. The quantitative estimate of drug-likeness (QED) is 0.326. The lowest BCUT2D eigenvalue weighted by Gasteiger charge is -2.35. The lowest BCUT2D eigenvalue weighted by atomic mass is 10.00. The number of amides is 1. The number of carbonyl (C=O) groups is 1. The summed E-state index contributed by atoms with van der Waals surface area (Å²) in [6.07, 6.45) is 8.10. The minimum atomic E-state index is -1.36. The van der Waals surface area contributed by atoms with Crippen LogP contribution in [0.2, 0.25) is 0 Å². The number of hydrogen-bond acceptors (Lipinski definition) is 9. The number of para-hydroxylation sites is 1. The number of methoxy groups -OCH3 is 1. The maximum absolute atomic E-state index is 14.1. The van der Waals surface area contributed by atoms with Gasteiger partial charge in [-0.2, -0.15) is 10.2 Å². The molecule has 12 nitrogen and oxygen atoms in total. The summed E-state index contributed by atoms with van der Waals surface area (Å²) in [5.41, 5.74) is -0.717. The molecule has 45 heavy (non-hydrogen) atoms. The van der Waals surface area contributed by atoms with E-state index in [4.69, 9.17) is 14.6 Å². The predicted molar refractivity (Wildman–Crippen MR) is 173 cm³/mol. The number of benzene rings is 1. The molecule has 0 atom stereocenters. The minimum absolute atomic E-state index is 0.0891. The number of fused-ring (bicyclic) bond motifs is 1. The van der Waals surface area contributed by atoms with Crippen molar-refractivity contribution in [2.24, 2.45) is 0 Å². The second-order valence-corrected chi connectivity index (χ2v) is 12.9. The molecule has 1 N–H and O–H groups in total. The van der Waals surface area contributed by atoms with Gasteiger partial charge in [-0.25, -0.2) is 9.36 Å². The van der Waals surface area contributed by atoms with Gasteiger partial charge in [0.15, 0.2) is 0 Å². The largest absolute Gasteiger partial charge is 0.496 e. The van der Waals surface area contributed by atoms with Crippen LogP contribution in [0.4, 0.5) is 0 Å². The number of hydrogen-bond donors (Lipinski definition) is 1. The lowest BCUT2D eigenvalue weighted by molar-refractivity contribution is -0.140. The molecule has 0 spiro atoms. The standard InChI is InChI=1S/C27H32N6O4S.C5H10O2/c1-18-21-22(34)32(27(2,3)25(35)30-15-8-5-9-16-30)26(36)31(17-12-19-10-6-7-11-20(19)37-4)24(21)38-23(18)33-28-13-14-29-33;6-5-1-3-7-4-2-5/h6-7,10-11,13-14H,5,8-9,12,15-17H2,1-4H3;5-6H,1-4H2. The van der Waals surface area contributed by atoms with Gasteiger partial charge in [0.2, 0.25) is 5.91 Å². The Morgan fingerprint density at radius 1 is 1.09 bits per heavy atom. The molecule has 1 amide bonds. The van der Waals surface area contributed by atoms with Crippen molar-refractivity contribution in [3.63, 3.8) is 0 Å². The van der Waals surface area contributed by atoms with Crippen molar-refractivity contribution in [1.29, 1.82) is 0 Å². The Morgan fingerprint density at radius 2 is 1.76 bits per heavy atom. The van der Waals surface area contributed by atoms with Crippen molar-refractivity contribution >= 4 is 27.5 Å². The summed E-state index contributed by atoms with van der Waals surface area (Å²) in [5, 5.41) is 18.4. The highest BCUT2D eigenvalue weighted by Gasteiger charge is 2.38. The van der Waals surface area contributed by atoms with Crippen molar-refractivity contribution in [2.75, 3.05) is 33.4 Å². The zero-order chi connectivity index (χ0) is 32.1. The third kappa shape index (κ3) is 6.75. The highest BCUT2D eigenvalue weighted by atomic mass is 32.1. The zero-order valence-electron chi connectivity index (χ0n) is 26.4. The second kappa shape index (κ2) is 14.1. The Labute approximate surface area is 265 Å². The number of nitrogens with zero attached hydrogens (tertiary/aromatic N) is 6. The molecule has 6 rings (SSSR count). The lowest BCUT2D eigenvalue weighted by Crippen LogP contribution is -2.57. The molecule has 3 aromatic heterocycles. The topological polar surface area (TPSA) is 134 Å². The van der Waals surface area contributed by atoms with Crippen LogP contribution in [0, 0.1) is 6.92 Å². The van der Waals surface area contributed by atoms with Crippen molar-refractivity contribution in [2.45, 2.75) is 77.5 Å². The molecular weight excluding hydrogens is 596 g/mol. The molecule has 13 heteroatoms. The van der Waals surface area contributed by atoms with Gasteiger partial charge in [0.25, 0.3) is 5.56 Å². The molecule has 0 saturated carbocycles. The van der Waals surface area contributed by atoms with E-state index < -0.39 is 16.8 Å². The van der Waals surface area contributed by atoms with E-state index in [1.165, 1.54) is 16.1 Å². The van der Waals surface area contributed by atoms with Crippen LogP contribution in [-0.2, 0) is 28.0 Å². The normalized spacial score (nSPS) is 16.0. The number of aliphatic hydroxyl groups excluding tert-OH is 1. The van der Waals surface area contributed by atoms with Gasteiger partial charge >= 0.3 is 5.69 Å². The predicted octanol–water partition coefficient (Wildman–Crippen LogP) is 3.27. The van der Waals surface area contributed by atoms with E-state index in [2.05, 4.69) is 10.2 Å². The molecule has 0 radical (unpaired) electrons. The van der Waals surface area contributed by atoms with E-state index in [1.807, 2.05) is 31.2 Å². The smallest absolute Gasteiger partial charge is 0.333 e. The Bertz CT molecular complexity index is 1730. The highest BCUT2D eigenvalue weighted by molar-refractivity contribution is 7.21. The minimum Gasteiger partial charge on any atom is -0.496 e. The SMILES string of the molecule is COc1ccccc1CCn1c(=O)n(C(C)(C)C(=O)N2CCCCC2)c(=O)c2c(C)c(-n3nccn3)sc21.OC1CCOCC1. The van der Waals surface area contributed by atoms with Gasteiger partial charge in [-0.3, -0.25) is 14.2 Å². The number of rotatable bonds is 7. The molecule has 1 aromatic carbocycles. The van der Waals surface area contributed by atoms with Gasteiger partial charge in [-0.15, -0.1) is 4.80 Å². The van der Waals surface area contributed by atoms with E-state index in [-0.39, 0.29) is 12.0 Å². The molecule has 2 aliphatic rings. The summed E-state index contributed by atoms with van der Waals surface area (Å²) < 4.78 is 13.2. The summed E-state index contributed by atoms with van der Waals surface area (Å²) in [7, 11) is 1.62. The Kier molecular flexibility index (Phi) is 10.2. The van der Waals surface area contributed by atoms with Gasteiger partial charge in [0, 0.05) is 38.4 Å². The number of aryl methyl sites for hydroxylation is 3. The first kappa shape index (κ1) is 32.6. The number of piperidine rings is 1. The fourth-order valence-electron chi connectivity index (χ4n) is 5.94. The maximum atomic E-state index is 14.1. The number of thiophene rings is 1. The maximum Gasteiger partial charge on any atom is 0.333 e. The molecule has 2 saturated heterocycles. The summed E-state index contributed by atoms with van der Waals surface area (Å²) in [6.45, 7) is 8.21. The molecule has 0 unspecified atom stereocenters. The Morgan fingerprint density at radius 3 is 2.38 bits per heavy atom. The zero-order valence-corrected chi connectivity index (χ0v) is 27.2. The van der Waals surface area contributed by atoms with Crippen LogP contribution in [0.1, 0.15) is 57.1 Å². The van der Waals surface area contributed by atoms with E-state index in [9.17, 15) is 14.4 Å². The van der Waals surface area contributed by atoms with Gasteiger partial charge in [0.1, 0.15) is 21.1 Å². The van der Waals surface area contributed by atoms with Crippen LogP contribution in [0.15, 0.2) is 46.2 Å². The second-order valence-electron chi connectivity index (χ2n) is 11.9. The summed E-state index contributed by atoms with van der Waals surface area (Å²) in [6, 6.07) is 7.66. The average molecular weight is 639 g/mol. The molecule has 2 aliphatic heterocycles. The van der Waals surface area contributed by atoms with Gasteiger partial charge in [-0.1, -0.05) is 29.5 Å². The van der Waals surface area contributed by atoms with Crippen LogP contribution in [0.3, 0.4) is 0 Å². The third-order valence-corrected chi connectivity index (χ3v) is 9.78. The Balaban J connectivity index is 0.000000505. The molecule has 5 heterocycles. The average Bonchev–Trinajstić information content (AvgIpc) is 3.70. The number of carbonyl (C=O) groups excluding carboxylic acids is 1. The van der Waals surface area contributed by atoms with Gasteiger partial charge < -0.3 is 19.5 Å². The summed E-state index contributed by atoms with van der Waals surface area (Å²) in [5.74, 6) is 0.517. The summed E-state index contributed by atoms with van der Waals surface area (Å²) in [4.78, 5) is 45.6.